The second-order valence-electron chi connectivity index (χ2n) is 7.34. The highest BCUT2D eigenvalue weighted by Crippen LogP contribution is 2.46. The topological polar surface area (TPSA) is 42.8 Å². The van der Waals surface area contributed by atoms with Gasteiger partial charge >= 0.3 is 0 Å². The predicted octanol–water partition coefficient (Wildman–Crippen LogP) is 4.13. The Kier molecular flexibility index (Phi) is 3.66. The highest BCUT2D eigenvalue weighted by atomic mass is 15.2. The zero-order valence-electron chi connectivity index (χ0n) is 14.1. The van der Waals surface area contributed by atoms with Crippen molar-refractivity contribution in [1.29, 1.82) is 5.26 Å². The SMILES string of the molecule is CCCN1C[C@H](CC#N)C[C@@H]2c3cccc4[nH]c(C)c(c34)C[C@H]21. The molecule has 1 aromatic carbocycles. The molecule has 1 aromatic heterocycles. The van der Waals surface area contributed by atoms with Crippen molar-refractivity contribution in [3.63, 3.8) is 0 Å². The van der Waals surface area contributed by atoms with Crippen LogP contribution < -0.4 is 0 Å². The number of nitriles is 1. The van der Waals surface area contributed by atoms with Gasteiger partial charge in [0.15, 0.2) is 0 Å². The third-order valence-electron chi connectivity index (χ3n) is 5.89. The summed E-state index contributed by atoms with van der Waals surface area (Å²) in [6, 6.07) is 9.74. The standard InChI is InChI=1S/C20H25N3/c1-3-9-23-12-14(7-8-21)10-17-15-5-4-6-18-20(15)16(11-19(17)23)13(2)22-18/h4-6,14,17,19,22H,3,7,9-12H2,1-2H3/t14-,17-,19-/m1/s1. The molecule has 2 aliphatic rings. The van der Waals surface area contributed by atoms with Gasteiger partial charge in [-0.2, -0.15) is 5.26 Å². The maximum atomic E-state index is 9.17. The highest BCUT2D eigenvalue weighted by Gasteiger charge is 2.40. The third-order valence-corrected chi connectivity index (χ3v) is 5.89. The van der Waals surface area contributed by atoms with Gasteiger partial charge in [0.2, 0.25) is 0 Å². The minimum atomic E-state index is 0.518. The average Bonchev–Trinajstić information content (AvgIpc) is 2.86. The number of hydrogen-bond acceptors (Lipinski definition) is 2. The molecule has 0 amide bonds. The molecule has 3 atom stereocenters. The molecule has 2 heterocycles. The molecule has 120 valence electrons. The molecule has 2 aromatic rings. The number of rotatable bonds is 3. The number of aryl methyl sites for hydroxylation is 1. The smallest absolute Gasteiger partial charge is 0.0625 e. The number of fused-ring (bicyclic) bond motifs is 2. The van der Waals surface area contributed by atoms with Gasteiger partial charge in [0.05, 0.1) is 6.07 Å². The van der Waals surface area contributed by atoms with Gasteiger partial charge in [0, 0.05) is 41.5 Å². The Morgan fingerprint density at radius 2 is 2.26 bits per heavy atom. The number of nitrogens with one attached hydrogen (secondary N) is 1. The molecule has 0 unspecified atom stereocenters. The van der Waals surface area contributed by atoms with Crippen LogP contribution in [0.1, 0.15) is 48.9 Å². The zero-order chi connectivity index (χ0) is 16.0. The molecule has 1 aliphatic heterocycles. The minimum Gasteiger partial charge on any atom is -0.358 e. The van der Waals surface area contributed by atoms with E-state index in [1.807, 2.05) is 0 Å². The van der Waals surface area contributed by atoms with Crippen LogP contribution in [0.2, 0.25) is 0 Å². The molecule has 3 nitrogen and oxygen atoms in total. The van der Waals surface area contributed by atoms with Gasteiger partial charge in [-0.15, -0.1) is 0 Å². The van der Waals surface area contributed by atoms with Crippen LogP contribution in [0.25, 0.3) is 10.9 Å². The second kappa shape index (κ2) is 5.69. The van der Waals surface area contributed by atoms with Crippen LogP contribution >= 0.6 is 0 Å². The van der Waals surface area contributed by atoms with Crippen LogP contribution in [0.15, 0.2) is 18.2 Å². The van der Waals surface area contributed by atoms with Crippen molar-refractivity contribution in [2.24, 2.45) is 5.92 Å². The summed E-state index contributed by atoms with van der Waals surface area (Å²) in [5, 5.41) is 10.6. The third kappa shape index (κ3) is 2.28. The van der Waals surface area contributed by atoms with Crippen LogP contribution in [0.4, 0.5) is 0 Å². The number of nitrogens with zero attached hydrogens (tertiary/aromatic N) is 2. The molecule has 4 rings (SSSR count). The van der Waals surface area contributed by atoms with Gasteiger partial charge < -0.3 is 4.98 Å². The summed E-state index contributed by atoms with van der Waals surface area (Å²) in [5.41, 5.74) is 5.66. The Balaban J connectivity index is 1.81. The molecule has 0 saturated carbocycles. The first-order valence-corrected chi connectivity index (χ1v) is 8.94. The van der Waals surface area contributed by atoms with Crippen LogP contribution in [0.5, 0.6) is 0 Å². The Hall–Kier alpha value is -1.79. The average molecular weight is 307 g/mol. The molecule has 0 bridgehead atoms. The highest BCUT2D eigenvalue weighted by molar-refractivity contribution is 5.89. The van der Waals surface area contributed by atoms with E-state index in [0.29, 0.717) is 24.3 Å². The van der Waals surface area contributed by atoms with Crippen LogP contribution in [0, 0.1) is 24.2 Å². The van der Waals surface area contributed by atoms with Crippen molar-refractivity contribution in [2.75, 3.05) is 13.1 Å². The number of hydrogen-bond donors (Lipinski definition) is 1. The van der Waals surface area contributed by atoms with Crippen molar-refractivity contribution in [1.82, 2.24) is 9.88 Å². The first-order valence-electron chi connectivity index (χ1n) is 8.94. The number of aromatic nitrogens is 1. The van der Waals surface area contributed by atoms with Gasteiger partial charge in [-0.3, -0.25) is 4.90 Å². The summed E-state index contributed by atoms with van der Waals surface area (Å²) in [4.78, 5) is 6.25. The Morgan fingerprint density at radius 3 is 3.04 bits per heavy atom. The maximum absolute atomic E-state index is 9.17. The number of benzene rings is 1. The lowest BCUT2D eigenvalue weighted by atomic mass is 9.71. The van der Waals surface area contributed by atoms with Crippen LogP contribution in [0.3, 0.4) is 0 Å². The van der Waals surface area contributed by atoms with Crippen molar-refractivity contribution >= 4 is 10.9 Å². The summed E-state index contributed by atoms with van der Waals surface area (Å²) in [6.45, 7) is 6.72. The Bertz CT molecular complexity index is 767. The molecule has 1 fully saturated rings. The predicted molar refractivity (Wildman–Crippen MR) is 93.5 cm³/mol. The Morgan fingerprint density at radius 1 is 1.39 bits per heavy atom. The van der Waals surface area contributed by atoms with E-state index in [4.69, 9.17) is 0 Å². The molecule has 0 radical (unpaired) electrons. The summed E-state index contributed by atoms with van der Waals surface area (Å²) in [6.07, 6.45) is 4.21. The van der Waals surface area contributed by atoms with E-state index in [0.717, 1.165) is 19.5 Å². The van der Waals surface area contributed by atoms with Gasteiger partial charge in [-0.1, -0.05) is 19.1 Å². The zero-order valence-corrected chi connectivity index (χ0v) is 14.1. The Labute approximate surface area is 138 Å². The van der Waals surface area contributed by atoms with Gasteiger partial charge in [-0.25, -0.2) is 0 Å². The van der Waals surface area contributed by atoms with E-state index in [-0.39, 0.29) is 0 Å². The minimum absolute atomic E-state index is 0.518. The van der Waals surface area contributed by atoms with Gasteiger partial charge in [-0.05, 0) is 55.8 Å². The van der Waals surface area contributed by atoms with Crippen molar-refractivity contribution in [2.45, 2.75) is 51.5 Å². The quantitative estimate of drug-likeness (QED) is 0.926. The summed E-state index contributed by atoms with van der Waals surface area (Å²) < 4.78 is 0. The maximum Gasteiger partial charge on any atom is 0.0625 e. The largest absolute Gasteiger partial charge is 0.358 e. The summed E-state index contributed by atoms with van der Waals surface area (Å²) in [7, 11) is 0. The number of H-pyrrole nitrogens is 1. The summed E-state index contributed by atoms with van der Waals surface area (Å²) >= 11 is 0. The molecule has 23 heavy (non-hydrogen) atoms. The molecule has 1 saturated heterocycles. The van der Waals surface area contributed by atoms with Gasteiger partial charge in [0.1, 0.15) is 0 Å². The number of piperidine rings is 1. The fraction of sp³-hybridized carbons (Fsp3) is 0.550. The number of aromatic amines is 1. The lowest BCUT2D eigenvalue weighted by Crippen LogP contribution is -2.50. The van der Waals surface area contributed by atoms with E-state index in [1.165, 1.54) is 40.6 Å². The van der Waals surface area contributed by atoms with E-state index in [1.54, 1.807) is 0 Å². The molecule has 1 aliphatic carbocycles. The van der Waals surface area contributed by atoms with Crippen LogP contribution in [-0.2, 0) is 6.42 Å². The lowest BCUT2D eigenvalue weighted by Gasteiger charge is -2.47. The lowest BCUT2D eigenvalue weighted by molar-refractivity contribution is 0.0860. The van der Waals surface area contributed by atoms with E-state index in [9.17, 15) is 5.26 Å². The van der Waals surface area contributed by atoms with Crippen molar-refractivity contribution in [3.8, 4) is 6.07 Å². The molecular weight excluding hydrogens is 282 g/mol. The van der Waals surface area contributed by atoms with Gasteiger partial charge in [0.25, 0.3) is 0 Å². The van der Waals surface area contributed by atoms with E-state index >= 15 is 0 Å². The van der Waals surface area contributed by atoms with Crippen LogP contribution in [-0.4, -0.2) is 29.0 Å². The fourth-order valence-electron chi connectivity index (χ4n) is 4.99. The molecule has 3 heteroatoms. The summed E-state index contributed by atoms with van der Waals surface area (Å²) in [5.74, 6) is 1.10. The number of likely N-dealkylation sites (tertiary alicyclic amines) is 1. The van der Waals surface area contributed by atoms with E-state index in [2.05, 4.69) is 48.0 Å². The normalized spacial score (nSPS) is 26.9. The monoisotopic (exact) mass is 307 g/mol. The van der Waals surface area contributed by atoms with Crippen molar-refractivity contribution < 1.29 is 0 Å². The fourth-order valence-corrected chi connectivity index (χ4v) is 4.99. The first-order chi connectivity index (χ1) is 11.2. The second-order valence-corrected chi connectivity index (χ2v) is 7.34. The first kappa shape index (κ1) is 14.8. The molecule has 1 N–H and O–H groups in total. The van der Waals surface area contributed by atoms with Crippen molar-refractivity contribution in [3.05, 3.63) is 35.0 Å². The molecule has 0 spiro atoms. The molecular formula is C20H25N3. The van der Waals surface area contributed by atoms with E-state index < -0.39 is 0 Å².